The number of nitrogens with one attached hydrogen (secondary N) is 3. The zero-order chi connectivity index (χ0) is 49.6. The summed E-state index contributed by atoms with van der Waals surface area (Å²) in [6, 6.07) is 15.5. The van der Waals surface area contributed by atoms with Gasteiger partial charge in [-0.3, -0.25) is 9.59 Å². The maximum atomic E-state index is 14.3. The highest BCUT2D eigenvalue weighted by atomic mass is 32.1. The number of hydrogen-bond donors (Lipinski definition) is 5. The lowest BCUT2D eigenvalue weighted by molar-refractivity contribution is -0.142. The number of carbonyl (C=O) groups is 3. The molecule has 0 spiro atoms. The molecular formula is C53H64N12O5S. The summed E-state index contributed by atoms with van der Waals surface area (Å²) in [5.74, 6) is 0.534. The van der Waals surface area contributed by atoms with Gasteiger partial charge in [-0.1, -0.05) is 57.2 Å². The fourth-order valence-electron chi connectivity index (χ4n) is 11.1. The molecule has 10 rings (SSSR count). The fourth-order valence-corrected chi connectivity index (χ4v) is 11.9. The molecule has 8 heterocycles. The van der Waals surface area contributed by atoms with E-state index in [2.05, 4.69) is 47.5 Å². The summed E-state index contributed by atoms with van der Waals surface area (Å²) >= 11 is 1.59. The number of carbonyl (C=O) groups excluding carboxylic acids is 3. The van der Waals surface area contributed by atoms with Gasteiger partial charge in [-0.05, 0) is 98.8 Å². The predicted molar refractivity (Wildman–Crippen MR) is 273 cm³/mol. The number of rotatable bonds is 10. The van der Waals surface area contributed by atoms with Crippen molar-refractivity contribution in [3.63, 3.8) is 0 Å². The Morgan fingerprint density at radius 1 is 0.930 bits per heavy atom. The average Bonchev–Trinajstić information content (AvgIpc) is 4.11. The number of aromatic hydroxyl groups is 1. The van der Waals surface area contributed by atoms with Crippen LogP contribution in [0, 0.1) is 12.3 Å². The van der Waals surface area contributed by atoms with Crippen LogP contribution in [0.4, 0.5) is 10.7 Å². The molecular weight excluding hydrogens is 917 g/mol. The van der Waals surface area contributed by atoms with Crippen LogP contribution in [0.1, 0.15) is 99.8 Å². The number of likely N-dealkylation sites (tertiary alicyclic amines) is 3. The number of benzene rings is 2. The van der Waals surface area contributed by atoms with Crippen molar-refractivity contribution in [2.24, 2.45) is 5.41 Å². The first-order valence-electron chi connectivity index (χ1n) is 25.0. The molecule has 2 aromatic carbocycles. The number of piperidine rings is 2. The number of nitrogens with zero attached hydrogens (tertiary/aromatic N) is 9. The highest BCUT2D eigenvalue weighted by Gasteiger charge is 2.45. The van der Waals surface area contributed by atoms with Gasteiger partial charge in [0.05, 0.1) is 33.9 Å². The Hall–Kier alpha value is -6.50. The molecule has 3 fully saturated rings. The second kappa shape index (κ2) is 20.0. The Morgan fingerprint density at radius 2 is 1.66 bits per heavy atom. The van der Waals surface area contributed by atoms with E-state index in [-0.39, 0.29) is 49.1 Å². The number of aromatic nitrogens is 6. The molecule has 0 radical (unpaired) electrons. The highest BCUT2D eigenvalue weighted by Crippen LogP contribution is 2.39. The lowest BCUT2D eigenvalue weighted by atomic mass is 9.85. The summed E-state index contributed by atoms with van der Waals surface area (Å²) in [6.45, 7) is 14.0. The number of para-hydroxylation sites is 1. The van der Waals surface area contributed by atoms with Crippen molar-refractivity contribution >= 4 is 46.2 Å². The summed E-state index contributed by atoms with van der Waals surface area (Å²) in [5.41, 5.74) is 9.58. The minimum Gasteiger partial charge on any atom is -0.507 e. The van der Waals surface area contributed by atoms with Crippen LogP contribution < -0.4 is 15.5 Å². The first-order valence-corrected chi connectivity index (χ1v) is 25.9. The third-order valence-corrected chi connectivity index (χ3v) is 16.2. The molecule has 6 aromatic rings. The predicted octanol–water partition coefficient (Wildman–Crippen LogP) is 6.72. The monoisotopic (exact) mass is 980 g/mol. The molecule has 4 aliphatic heterocycles. The molecule has 0 aliphatic carbocycles. The van der Waals surface area contributed by atoms with E-state index in [4.69, 9.17) is 9.97 Å². The molecule has 372 valence electrons. The van der Waals surface area contributed by atoms with Gasteiger partial charge in [-0.15, -0.1) is 21.5 Å². The number of H-pyrrole nitrogens is 1. The Morgan fingerprint density at radius 3 is 2.35 bits per heavy atom. The zero-order valence-corrected chi connectivity index (χ0v) is 42.0. The van der Waals surface area contributed by atoms with Crippen LogP contribution >= 0.6 is 11.3 Å². The van der Waals surface area contributed by atoms with Gasteiger partial charge in [-0.2, -0.15) is 0 Å². The standard InChI is InChI=1S/C53H64N12O5S/c1-31-46(71-30-57-31)35-12-10-33(11-13-35)26-54-49(68)43-24-38(66)29-65(43)50(69)47(53(3,4)5)59-52(70)63-21-16-37(17-22-63)62-19-14-34(15-20-62)36-27-55-51(56-28-36)64-23-18-41-45(32(64)2)40-25-42(60-61-48(40)58-41)39-8-6-7-9-44(39)67/h6-13,25,27-28,30,32,34,37-38,43,47,66-67H,14-24,26,29H2,1-5H3,(H,54,68)(H,58,61)(H,59,70)/t32-,38-,43+,47-/m1/s1. The van der Waals surface area contributed by atoms with Gasteiger partial charge in [0.25, 0.3) is 0 Å². The largest absolute Gasteiger partial charge is 0.507 e. The second-order valence-electron chi connectivity index (χ2n) is 20.8. The van der Waals surface area contributed by atoms with Gasteiger partial charge >= 0.3 is 6.03 Å². The quantitative estimate of drug-likeness (QED) is 0.0970. The van der Waals surface area contributed by atoms with Gasteiger partial charge in [0.2, 0.25) is 17.8 Å². The average molecular weight is 981 g/mol. The Kier molecular flexibility index (Phi) is 13.5. The van der Waals surface area contributed by atoms with Gasteiger partial charge < -0.3 is 45.4 Å². The minimum absolute atomic E-state index is 0.00111. The van der Waals surface area contributed by atoms with E-state index in [1.54, 1.807) is 23.5 Å². The molecule has 18 heteroatoms. The maximum Gasteiger partial charge on any atom is 0.318 e. The lowest BCUT2D eigenvalue weighted by Gasteiger charge is -2.42. The summed E-state index contributed by atoms with van der Waals surface area (Å²) in [6.07, 6.45) is 7.77. The zero-order valence-electron chi connectivity index (χ0n) is 41.1. The molecule has 4 amide bonds. The van der Waals surface area contributed by atoms with Crippen LogP contribution in [0.3, 0.4) is 0 Å². The molecule has 5 N–H and O–H groups in total. The van der Waals surface area contributed by atoms with Crippen molar-refractivity contribution in [3.05, 3.63) is 101 Å². The molecule has 0 bridgehead atoms. The van der Waals surface area contributed by atoms with Crippen molar-refractivity contribution in [2.75, 3.05) is 44.2 Å². The molecule has 0 unspecified atom stereocenters. The van der Waals surface area contributed by atoms with Gasteiger partial charge in [0.15, 0.2) is 5.65 Å². The van der Waals surface area contributed by atoms with Crippen molar-refractivity contribution < 1.29 is 24.6 Å². The summed E-state index contributed by atoms with van der Waals surface area (Å²) < 4.78 is 0. The molecule has 71 heavy (non-hydrogen) atoms. The first kappa shape index (κ1) is 48.1. The van der Waals surface area contributed by atoms with E-state index in [1.807, 2.05) is 93.0 Å². The number of fused-ring (bicyclic) bond motifs is 3. The molecule has 4 aromatic heterocycles. The second-order valence-corrected chi connectivity index (χ2v) is 21.7. The van der Waals surface area contributed by atoms with Crippen molar-refractivity contribution in [1.29, 1.82) is 0 Å². The van der Waals surface area contributed by atoms with E-state index in [1.165, 1.54) is 4.90 Å². The third-order valence-electron chi connectivity index (χ3n) is 15.2. The topological polar surface area (TPSA) is 209 Å². The molecule has 4 atom stereocenters. The third kappa shape index (κ3) is 9.93. The number of aliphatic hydroxyl groups is 1. The SMILES string of the molecule is Cc1ncsc1-c1ccc(CNC(=O)[C@@H]2C[C@@H](O)CN2C(=O)[C@@H](NC(=O)N2CCC(N3CCC(c4cnc(N5CCc6[nH]c7nnc(-c8ccccc8O)cc7c6[C@H]5C)nc4)CC3)CC2)C(C)(C)C)cc1. The highest BCUT2D eigenvalue weighted by molar-refractivity contribution is 7.13. The maximum absolute atomic E-state index is 14.3. The number of aryl methyl sites for hydroxylation is 1. The fraction of sp³-hybridized carbons (Fsp3) is 0.472. The Balaban J connectivity index is 0.700. The van der Waals surface area contributed by atoms with Gasteiger partial charge in [0.1, 0.15) is 17.8 Å². The molecule has 3 saturated heterocycles. The van der Waals surface area contributed by atoms with E-state index >= 15 is 0 Å². The number of anilines is 1. The van der Waals surface area contributed by atoms with E-state index in [9.17, 15) is 24.6 Å². The van der Waals surface area contributed by atoms with Gasteiger partial charge in [-0.25, -0.2) is 19.7 Å². The van der Waals surface area contributed by atoms with E-state index in [0.717, 1.165) is 101 Å². The lowest BCUT2D eigenvalue weighted by Crippen LogP contribution is -2.60. The number of urea groups is 1. The van der Waals surface area contributed by atoms with Crippen molar-refractivity contribution in [2.45, 2.75) is 116 Å². The Bertz CT molecular complexity index is 2880. The van der Waals surface area contributed by atoms with Crippen LogP contribution in [-0.2, 0) is 22.6 Å². The van der Waals surface area contributed by atoms with Crippen molar-refractivity contribution in [3.8, 4) is 27.4 Å². The number of hydrogen-bond acceptors (Lipinski definition) is 13. The number of thiazole rings is 1. The van der Waals surface area contributed by atoms with Crippen LogP contribution in [0.5, 0.6) is 5.75 Å². The number of β-amino-alcohol motifs (C(OH)–C–C–N with tert-alkyl or cyclic N) is 1. The molecule has 17 nitrogen and oxygen atoms in total. The first-order chi connectivity index (χ1) is 34.2. The normalized spacial score (nSPS) is 20.8. The van der Waals surface area contributed by atoms with Crippen LogP contribution in [0.25, 0.3) is 32.7 Å². The van der Waals surface area contributed by atoms with E-state index in [0.29, 0.717) is 42.3 Å². The molecule has 4 aliphatic rings. The van der Waals surface area contributed by atoms with Crippen molar-refractivity contribution in [1.82, 2.24) is 55.5 Å². The molecule has 0 saturated carbocycles. The number of phenolic OH excluding ortho intramolecular Hbond substituents is 1. The van der Waals surface area contributed by atoms with Crippen LogP contribution in [-0.4, -0.2) is 136 Å². The Labute approximate surface area is 418 Å². The van der Waals surface area contributed by atoms with Crippen LogP contribution in [0.2, 0.25) is 0 Å². The number of aromatic amines is 1. The van der Waals surface area contributed by atoms with E-state index < -0.39 is 23.6 Å². The summed E-state index contributed by atoms with van der Waals surface area (Å²) in [7, 11) is 0. The smallest absolute Gasteiger partial charge is 0.318 e. The number of aliphatic hydroxyl groups excluding tert-OH is 1. The number of phenols is 1. The minimum atomic E-state index is -0.898. The summed E-state index contributed by atoms with van der Waals surface area (Å²) in [5, 5.41) is 37.1. The summed E-state index contributed by atoms with van der Waals surface area (Å²) in [4.78, 5) is 68.6. The van der Waals surface area contributed by atoms with Crippen LogP contribution in [0.15, 0.2) is 72.5 Å². The number of amides is 4. The van der Waals surface area contributed by atoms with Gasteiger partial charge in [0, 0.05) is 86.2 Å².